The molecule has 0 radical (unpaired) electrons. The van der Waals surface area contributed by atoms with Crippen LogP contribution in [0.3, 0.4) is 0 Å². The molecule has 0 aromatic heterocycles. The van der Waals surface area contributed by atoms with Crippen LogP contribution in [-0.4, -0.2) is 49.9 Å². The Morgan fingerprint density at radius 1 is 1.29 bits per heavy atom. The summed E-state index contributed by atoms with van der Waals surface area (Å²) in [5.41, 5.74) is -1.07. The fourth-order valence-electron chi connectivity index (χ4n) is 1.68. The molecule has 0 saturated carbocycles. The van der Waals surface area contributed by atoms with E-state index >= 15 is 0 Å². The lowest BCUT2D eigenvalue weighted by atomic mass is 10.1. The molecular formula is C13H18F3N2O3+. The van der Waals surface area contributed by atoms with Gasteiger partial charge in [0.05, 0.1) is 38.2 Å². The van der Waals surface area contributed by atoms with E-state index in [1.807, 2.05) is 21.1 Å². The lowest BCUT2D eigenvalue weighted by molar-refractivity contribution is -0.871. The first-order chi connectivity index (χ1) is 9.52. The number of benzene rings is 1. The lowest BCUT2D eigenvalue weighted by Gasteiger charge is -2.26. The molecule has 1 rings (SSSR count). The molecule has 0 fully saturated rings. The number of nitro groups is 1. The maximum absolute atomic E-state index is 13.1. The Kier molecular flexibility index (Phi) is 5.30. The number of halogens is 3. The largest absolute Gasteiger partial charge is 0.419 e. The molecule has 1 unspecified atom stereocenters. The Bertz CT molecular complexity index is 498. The number of alkyl halides is 3. The minimum Gasteiger partial charge on any atom is -0.358 e. The number of likely N-dealkylation sites (N-methyl/N-ethyl adjacent to an activating group) is 1. The van der Waals surface area contributed by atoms with Gasteiger partial charge in [-0.2, -0.15) is 13.2 Å². The van der Waals surface area contributed by atoms with Crippen molar-refractivity contribution in [1.82, 2.24) is 0 Å². The zero-order valence-corrected chi connectivity index (χ0v) is 12.1. The van der Waals surface area contributed by atoms with Gasteiger partial charge in [0.2, 0.25) is 0 Å². The molecule has 21 heavy (non-hydrogen) atoms. The van der Waals surface area contributed by atoms with Crippen molar-refractivity contribution in [3.05, 3.63) is 39.9 Å². The van der Waals surface area contributed by atoms with Crippen LogP contribution in [0.2, 0.25) is 0 Å². The first-order valence-corrected chi connectivity index (χ1v) is 6.24. The molecule has 0 aliphatic heterocycles. The third-order valence-electron chi connectivity index (χ3n) is 2.76. The van der Waals surface area contributed by atoms with Gasteiger partial charge in [-0.25, -0.2) is 0 Å². The van der Waals surface area contributed by atoms with Crippen LogP contribution in [0.5, 0.6) is 0 Å². The van der Waals surface area contributed by atoms with Gasteiger partial charge < -0.3 is 9.22 Å². The van der Waals surface area contributed by atoms with E-state index < -0.39 is 28.5 Å². The monoisotopic (exact) mass is 307 g/mol. The van der Waals surface area contributed by atoms with Crippen molar-refractivity contribution in [2.75, 3.05) is 34.3 Å². The summed E-state index contributed by atoms with van der Waals surface area (Å²) >= 11 is 0. The molecule has 0 aliphatic rings. The molecule has 5 nitrogen and oxygen atoms in total. The number of nitrogens with zero attached hydrogens (tertiary/aromatic N) is 2. The molecule has 1 aromatic carbocycles. The highest BCUT2D eigenvalue weighted by atomic mass is 19.4. The summed E-state index contributed by atoms with van der Waals surface area (Å²) in [6, 6.07) is 4.75. The van der Waals surface area contributed by atoms with Crippen molar-refractivity contribution in [3.8, 4) is 0 Å². The Hall–Kier alpha value is -1.67. The number of hydrogen-bond acceptors (Lipinski definition) is 3. The topological polar surface area (TPSA) is 52.4 Å². The quantitative estimate of drug-likeness (QED) is 0.461. The first kappa shape index (κ1) is 17.4. The number of rotatable bonds is 6. The highest BCUT2D eigenvalue weighted by Gasteiger charge is 2.45. The molecule has 0 spiro atoms. The van der Waals surface area contributed by atoms with E-state index in [-0.39, 0.29) is 6.61 Å². The van der Waals surface area contributed by atoms with Crippen LogP contribution < -0.4 is 0 Å². The second-order valence-electron chi connectivity index (χ2n) is 5.62. The maximum atomic E-state index is 13.1. The molecule has 0 bridgehead atoms. The minimum absolute atomic E-state index is 0.153. The molecule has 118 valence electrons. The molecule has 8 heteroatoms. The number of ether oxygens (including phenoxy) is 1. The van der Waals surface area contributed by atoms with Crippen molar-refractivity contribution in [2.45, 2.75) is 12.3 Å². The lowest BCUT2D eigenvalue weighted by Crippen LogP contribution is -2.38. The number of quaternary nitrogens is 1. The maximum Gasteiger partial charge on any atom is 0.419 e. The summed E-state index contributed by atoms with van der Waals surface area (Å²) in [6.07, 6.45) is -7.01. The van der Waals surface area contributed by atoms with Crippen LogP contribution >= 0.6 is 0 Å². The van der Waals surface area contributed by atoms with Crippen LogP contribution in [0, 0.1) is 10.1 Å². The van der Waals surface area contributed by atoms with Crippen LogP contribution in [0.1, 0.15) is 11.7 Å². The number of nitro benzene ring substituents is 1. The van der Waals surface area contributed by atoms with E-state index in [4.69, 9.17) is 4.74 Å². The second-order valence-corrected chi connectivity index (χ2v) is 5.62. The highest BCUT2D eigenvalue weighted by molar-refractivity contribution is 5.42. The first-order valence-electron chi connectivity index (χ1n) is 6.24. The van der Waals surface area contributed by atoms with Gasteiger partial charge in [-0.3, -0.25) is 10.1 Å². The Morgan fingerprint density at radius 2 is 1.86 bits per heavy atom. The normalized spacial score (nSPS) is 14.0. The van der Waals surface area contributed by atoms with Gasteiger partial charge in [0.1, 0.15) is 6.54 Å². The summed E-state index contributed by atoms with van der Waals surface area (Å²) in [6.45, 7) is 0.201. The molecule has 1 aromatic rings. The highest BCUT2D eigenvalue weighted by Crippen LogP contribution is 2.39. The fraction of sp³-hybridized carbons (Fsp3) is 0.538. The SMILES string of the molecule is C[N+](C)(C)CCOC(c1ccccc1[N+](=O)[O-])C(F)(F)F. The van der Waals surface area contributed by atoms with Gasteiger partial charge >= 0.3 is 6.18 Å². The van der Waals surface area contributed by atoms with E-state index in [1.54, 1.807) is 0 Å². The van der Waals surface area contributed by atoms with Crippen LogP contribution in [0.4, 0.5) is 18.9 Å². The van der Waals surface area contributed by atoms with E-state index in [9.17, 15) is 23.3 Å². The number of para-hydroxylation sites is 1. The zero-order valence-electron chi connectivity index (χ0n) is 12.1. The van der Waals surface area contributed by atoms with Gasteiger partial charge in [0.25, 0.3) is 5.69 Å². The summed E-state index contributed by atoms with van der Waals surface area (Å²) in [4.78, 5) is 10.0. The van der Waals surface area contributed by atoms with E-state index in [0.29, 0.717) is 11.0 Å². The average molecular weight is 307 g/mol. The standard InChI is InChI=1S/C13H18F3N2O3/c1-18(2,3)8-9-21-12(13(14,15)16)10-6-4-5-7-11(10)17(19)20/h4-7,12H,8-9H2,1-3H3/q+1. The zero-order chi connectivity index (χ0) is 16.3. The number of hydrogen-bond donors (Lipinski definition) is 0. The molecule has 0 saturated heterocycles. The molecule has 0 aliphatic carbocycles. The van der Waals surface area contributed by atoms with Gasteiger partial charge in [0.15, 0.2) is 6.10 Å². The fourth-order valence-corrected chi connectivity index (χ4v) is 1.68. The summed E-state index contributed by atoms with van der Waals surface area (Å²) in [7, 11) is 5.45. The summed E-state index contributed by atoms with van der Waals surface area (Å²) in [5, 5.41) is 10.9. The summed E-state index contributed by atoms with van der Waals surface area (Å²) in [5.74, 6) is 0. The van der Waals surface area contributed by atoms with Gasteiger partial charge in [-0.1, -0.05) is 12.1 Å². The van der Waals surface area contributed by atoms with Crippen molar-refractivity contribution in [2.24, 2.45) is 0 Å². The van der Waals surface area contributed by atoms with Gasteiger partial charge in [-0.05, 0) is 6.07 Å². The van der Waals surface area contributed by atoms with E-state index in [1.165, 1.54) is 12.1 Å². The van der Waals surface area contributed by atoms with E-state index in [2.05, 4.69) is 0 Å². The minimum atomic E-state index is -4.71. The van der Waals surface area contributed by atoms with Gasteiger partial charge in [-0.15, -0.1) is 0 Å². The van der Waals surface area contributed by atoms with Crippen molar-refractivity contribution in [3.63, 3.8) is 0 Å². The molecule has 0 amide bonds. The average Bonchev–Trinajstić information content (AvgIpc) is 2.32. The molecule has 0 N–H and O–H groups in total. The predicted octanol–water partition coefficient (Wildman–Crippen LogP) is 2.92. The third kappa shape index (κ3) is 5.31. The molecule has 1 atom stereocenters. The smallest absolute Gasteiger partial charge is 0.358 e. The predicted molar refractivity (Wildman–Crippen MR) is 70.7 cm³/mol. The third-order valence-corrected chi connectivity index (χ3v) is 2.76. The van der Waals surface area contributed by atoms with Gasteiger partial charge in [0, 0.05) is 6.07 Å². The molecule has 0 heterocycles. The molecular weight excluding hydrogens is 289 g/mol. The Morgan fingerprint density at radius 3 is 2.33 bits per heavy atom. The van der Waals surface area contributed by atoms with Crippen LogP contribution in [-0.2, 0) is 4.74 Å². The van der Waals surface area contributed by atoms with Crippen LogP contribution in [0.15, 0.2) is 24.3 Å². The Labute approximate surface area is 120 Å². The van der Waals surface area contributed by atoms with Crippen LogP contribution in [0.25, 0.3) is 0 Å². The Balaban J connectivity index is 3.02. The van der Waals surface area contributed by atoms with Crippen molar-refractivity contribution in [1.29, 1.82) is 0 Å². The van der Waals surface area contributed by atoms with E-state index in [0.717, 1.165) is 12.1 Å². The second kappa shape index (κ2) is 6.40. The van der Waals surface area contributed by atoms with Crippen molar-refractivity contribution >= 4 is 5.69 Å². The van der Waals surface area contributed by atoms with Crippen molar-refractivity contribution < 1.29 is 27.3 Å². The summed E-state index contributed by atoms with van der Waals surface area (Å²) < 4.78 is 44.7.